The zero-order valence-corrected chi connectivity index (χ0v) is 17.0. The van der Waals surface area contributed by atoms with Crippen molar-refractivity contribution in [1.29, 1.82) is 0 Å². The fourth-order valence-electron chi connectivity index (χ4n) is 2.80. The van der Waals surface area contributed by atoms with Crippen LogP contribution in [0.3, 0.4) is 0 Å². The van der Waals surface area contributed by atoms with Gasteiger partial charge in [-0.25, -0.2) is 4.79 Å². The lowest BCUT2D eigenvalue weighted by atomic mass is 10.0. The number of nitrogens with zero attached hydrogens (tertiary/aromatic N) is 2. The van der Waals surface area contributed by atoms with E-state index in [1.165, 1.54) is 0 Å². The topological polar surface area (TPSA) is 84.7 Å². The number of halogens is 4. The molecule has 1 aliphatic heterocycles. The third-order valence-electron chi connectivity index (χ3n) is 4.24. The molecule has 1 aromatic rings. The van der Waals surface area contributed by atoms with E-state index in [9.17, 15) is 28.1 Å². The second-order valence-corrected chi connectivity index (χ2v) is 7.83. The van der Waals surface area contributed by atoms with E-state index in [1.807, 2.05) is 13.8 Å². The SMILES string of the molecule is CC(C)COC(=O)N1CCC(Nc2cc(Br)c(C(F)(F)F)cc2[N+](=O)[O-])CC1. The zero-order chi connectivity index (χ0) is 21.1. The highest BCUT2D eigenvalue weighted by Gasteiger charge is 2.36. The van der Waals surface area contributed by atoms with Gasteiger partial charge in [0.05, 0.1) is 17.1 Å². The van der Waals surface area contributed by atoms with Crippen LogP contribution in [0.5, 0.6) is 0 Å². The monoisotopic (exact) mass is 467 g/mol. The number of anilines is 1. The van der Waals surface area contributed by atoms with Crippen molar-refractivity contribution < 1.29 is 27.6 Å². The molecule has 0 saturated carbocycles. The van der Waals surface area contributed by atoms with Gasteiger partial charge < -0.3 is 15.0 Å². The minimum absolute atomic E-state index is 0.00529. The number of hydrogen-bond donors (Lipinski definition) is 1. The fourth-order valence-corrected chi connectivity index (χ4v) is 3.37. The van der Waals surface area contributed by atoms with Crippen molar-refractivity contribution in [2.24, 2.45) is 5.92 Å². The van der Waals surface area contributed by atoms with Crippen molar-refractivity contribution in [1.82, 2.24) is 4.90 Å². The van der Waals surface area contributed by atoms with Gasteiger partial charge in [-0.1, -0.05) is 29.8 Å². The van der Waals surface area contributed by atoms with E-state index in [4.69, 9.17) is 4.74 Å². The molecule has 11 heteroatoms. The van der Waals surface area contributed by atoms with Crippen LogP contribution in [0.15, 0.2) is 16.6 Å². The molecule has 156 valence electrons. The number of ether oxygens (including phenoxy) is 1. The van der Waals surface area contributed by atoms with Crippen molar-refractivity contribution in [2.45, 2.75) is 38.9 Å². The highest BCUT2D eigenvalue weighted by atomic mass is 79.9. The summed E-state index contributed by atoms with van der Waals surface area (Å²) in [5, 5.41) is 14.2. The second-order valence-electron chi connectivity index (χ2n) is 6.98. The van der Waals surface area contributed by atoms with Crippen molar-refractivity contribution in [3.63, 3.8) is 0 Å². The summed E-state index contributed by atoms with van der Waals surface area (Å²) in [7, 11) is 0. The summed E-state index contributed by atoms with van der Waals surface area (Å²) >= 11 is 2.84. The van der Waals surface area contributed by atoms with Crippen molar-refractivity contribution in [2.75, 3.05) is 25.0 Å². The van der Waals surface area contributed by atoms with Gasteiger partial charge in [0.1, 0.15) is 5.69 Å². The average Bonchev–Trinajstić information content (AvgIpc) is 2.59. The Morgan fingerprint density at radius 2 is 2.00 bits per heavy atom. The van der Waals surface area contributed by atoms with Crippen molar-refractivity contribution in [3.05, 3.63) is 32.3 Å². The number of likely N-dealkylation sites (tertiary alicyclic amines) is 1. The molecular formula is C17H21BrF3N3O4. The first-order valence-electron chi connectivity index (χ1n) is 8.72. The summed E-state index contributed by atoms with van der Waals surface area (Å²) in [5.74, 6) is 0.224. The molecule has 0 bridgehead atoms. The number of nitro benzene ring substituents is 1. The van der Waals surface area contributed by atoms with Gasteiger partial charge >= 0.3 is 12.3 Å². The molecule has 7 nitrogen and oxygen atoms in total. The molecule has 1 heterocycles. The predicted octanol–water partition coefficient (Wildman–Crippen LogP) is 5.05. The van der Waals surface area contributed by atoms with Crippen LogP contribution < -0.4 is 5.32 Å². The molecule has 1 amide bonds. The molecule has 0 aromatic heterocycles. The van der Waals surface area contributed by atoms with E-state index >= 15 is 0 Å². The fraction of sp³-hybridized carbons (Fsp3) is 0.588. The Bertz CT molecular complexity index is 735. The molecule has 1 N–H and O–H groups in total. The van der Waals surface area contributed by atoms with Crippen LogP contribution in [0.25, 0.3) is 0 Å². The van der Waals surface area contributed by atoms with Gasteiger partial charge in [0, 0.05) is 29.7 Å². The number of rotatable bonds is 5. The van der Waals surface area contributed by atoms with E-state index in [0.29, 0.717) is 38.6 Å². The maximum Gasteiger partial charge on any atom is 0.417 e. The quantitative estimate of drug-likeness (QED) is 0.483. The molecule has 2 rings (SSSR count). The number of carbonyl (C=O) groups excluding carboxylic acids is 1. The molecule has 1 fully saturated rings. The van der Waals surface area contributed by atoms with Gasteiger partial charge in [0.25, 0.3) is 5.69 Å². The molecule has 0 atom stereocenters. The van der Waals surface area contributed by atoms with Gasteiger partial charge in [-0.15, -0.1) is 0 Å². The maximum absolute atomic E-state index is 13.0. The Labute approximate surface area is 168 Å². The average molecular weight is 468 g/mol. The Kier molecular flexibility index (Phi) is 7.13. The van der Waals surface area contributed by atoms with E-state index in [-0.39, 0.29) is 22.1 Å². The third kappa shape index (κ3) is 5.73. The molecule has 1 aliphatic rings. The molecule has 0 aliphatic carbocycles. The molecule has 1 aromatic carbocycles. The molecule has 0 radical (unpaired) electrons. The summed E-state index contributed by atoms with van der Waals surface area (Å²) in [6.45, 7) is 4.97. The number of nitrogens with one attached hydrogen (secondary N) is 1. The first-order valence-corrected chi connectivity index (χ1v) is 9.51. The van der Waals surface area contributed by atoms with Crippen LogP contribution in [-0.2, 0) is 10.9 Å². The number of alkyl halides is 3. The largest absolute Gasteiger partial charge is 0.449 e. The smallest absolute Gasteiger partial charge is 0.417 e. The van der Waals surface area contributed by atoms with Gasteiger partial charge in [0.2, 0.25) is 0 Å². The number of carbonyl (C=O) groups is 1. The lowest BCUT2D eigenvalue weighted by molar-refractivity contribution is -0.384. The van der Waals surface area contributed by atoms with Crippen LogP contribution in [-0.4, -0.2) is 41.7 Å². The van der Waals surface area contributed by atoms with Crippen LogP contribution in [0.1, 0.15) is 32.3 Å². The molecular weight excluding hydrogens is 447 g/mol. The van der Waals surface area contributed by atoms with Crippen molar-refractivity contribution in [3.8, 4) is 0 Å². The van der Waals surface area contributed by atoms with E-state index in [1.54, 1.807) is 4.90 Å². The minimum atomic E-state index is -4.70. The van der Waals surface area contributed by atoms with Gasteiger partial charge in [-0.3, -0.25) is 10.1 Å². The Morgan fingerprint density at radius 1 is 1.39 bits per heavy atom. The maximum atomic E-state index is 13.0. The van der Waals surface area contributed by atoms with Gasteiger partial charge in [-0.2, -0.15) is 13.2 Å². The van der Waals surface area contributed by atoms with E-state index in [0.717, 1.165) is 6.07 Å². The number of benzene rings is 1. The van der Waals surface area contributed by atoms with Gasteiger partial charge in [0.15, 0.2) is 0 Å². The number of hydrogen-bond acceptors (Lipinski definition) is 5. The van der Waals surface area contributed by atoms with Crippen molar-refractivity contribution >= 4 is 33.4 Å². The first-order chi connectivity index (χ1) is 13.0. The van der Waals surface area contributed by atoms with Crippen LogP contribution >= 0.6 is 15.9 Å². The normalized spacial score (nSPS) is 15.6. The van der Waals surface area contributed by atoms with E-state index in [2.05, 4.69) is 21.2 Å². The summed E-state index contributed by atoms with van der Waals surface area (Å²) in [5.41, 5.74) is -1.74. The number of amides is 1. The molecule has 28 heavy (non-hydrogen) atoms. The summed E-state index contributed by atoms with van der Waals surface area (Å²) < 4.78 is 43.9. The minimum Gasteiger partial charge on any atom is -0.449 e. The van der Waals surface area contributed by atoms with Crippen LogP contribution in [0, 0.1) is 16.0 Å². The summed E-state index contributed by atoms with van der Waals surface area (Å²) in [4.78, 5) is 23.9. The molecule has 0 unspecified atom stereocenters. The summed E-state index contributed by atoms with van der Waals surface area (Å²) in [6.07, 6.45) is -4.13. The third-order valence-corrected chi connectivity index (χ3v) is 4.90. The lowest BCUT2D eigenvalue weighted by Gasteiger charge is -2.32. The molecule has 0 spiro atoms. The molecule has 1 saturated heterocycles. The lowest BCUT2D eigenvalue weighted by Crippen LogP contribution is -2.43. The summed E-state index contributed by atoms with van der Waals surface area (Å²) in [6, 6.07) is 1.38. The highest BCUT2D eigenvalue weighted by molar-refractivity contribution is 9.10. The Hall–Kier alpha value is -2.04. The van der Waals surface area contributed by atoms with E-state index < -0.39 is 28.4 Å². The predicted molar refractivity (Wildman–Crippen MR) is 100 cm³/mol. The highest BCUT2D eigenvalue weighted by Crippen LogP contribution is 2.40. The standard InChI is InChI=1S/C17H21BrF3N3O4/c1-10(2)9-28-16(25)23-5-3-11(4-6-23)22-14-8-13(18)12(17(19,20)21)7-15(14)24(26)27/h7-8,10-11,22H,3-6,9H2,1-2H3. The number of piperidine rings is 1. The zero-order valence-electron chi connectivity index (χ0n) is 15.4. The van der Waals surface area contributed by atoms with Crippen LogP contribution in [0.2, 0.25) is 0 Å². The first kappa shape index (κ1) is 22.3. The number of nitro groups is 1. The van der Waals surface area contributed by atoms with Crippen LogP contribution in [0.4, 0.5) is 29.3 Å². The Morgan fingerprint density at radius 3 is 2.50 bits per heavy atom. The second kappa shape index (κ2) is 8.97. The Balaban J connectivity index is 2.06. The van der Waals surface area contributed by atoms with Gasteiger partial charge in [-0.05, 0) is 24.8 Å².